The minimum Gasteiger partial charge on any atom is -0.273 e. The Morgan fingerprint density at radius 1 is 0.897 bits per heavy atom. The van der Waals surface area contributed by atoms with Crippen LogP contribution >= 0.6 is 0 Å². The Balaban J connectivity index is 1.79. The molecule has 0 saturated carbocycles. The average Bonchev–Trinajstić information content (AvgIpc) is 2.79. The number of carbonyl (C=O) groups excluding carboxylic acids is 1. The molecule has 0 aliphatic carbocycles. The molecule has 0 spiro atoms. The van der Waals surface area contributed by atoms with E-state index in [9.17, 15) is 4.79 Å². The quantitative estimate of drug-likeness (QED) is 0.595. The molecule has 0 aromatic heterocycles. The Morgan fingerprint density at radius 2 is 1.55 bits per heavy atom. The van der Waals surface area contributed by atoms with Gasteiger partial charge in [-0.1, -0.05) is 72.8 Å². The van der Waals surface area contributed by atoms with Crippen LogP contribution in [0.5, 0.6) is 0 Å². The van der Waals surface area contributed by atoms with E-state index in [0.717, 1.165) is 28.1 Å². The zero-order chi connectivity index (χ0) is 20.1. The van der Waals surface area contributed by atoms with Gasteiger partial charge in [0.1, 0.15) is 0 Å². The van der Waals surface area contributed by atoms with Crippen molar-refractivity contribution in [2.24, 2.45) is 5.10 Å². The molecule has 1 aliphatic rings. The van der Waals surface area contributed by atoms with Gasteiger partial charge in [-0.2, -0.15) is 15.4 Å². The molecule has 0 fully saturated rings. The van der Waals surface area contributed by atoms with Gasteiger partial charge in [0.25, 0.3) is 0 Å². The topological polar surface area (TPSA) is 56.5 Å². The summed E-state index contributed by atoms with van der Waals surface area (Å²) < 4.78 is 0. The Kier molecular flexibility index (Phi) is 5.31. The molecule has 1 amide bonds. The first kappa shape index (κ1) is 18.4. The fourth-order valence-corrected chi connectivity index (χ4v) is 3.27. The van der Waals surface area contributed by atoms with Gasteiger partial charge in [-0.05, 0) is 29.3 Å². The fraction of sp³-hybridized carbons (Fsp3) is 0.0800. The van der Waals surface area contributed by atoms with Gasteiger partial charge >= 0.3 is 0 Å². The number of rotatable bonds is 4. The van der Waals surface area contributed by atoms with Gasteiger partial charge in [0.05, 0.1) is 23.0 Å². The monoisotopic (exact) mass is 377 g/mol. The number of hydrogen-bond donors (Lipinski definition) is 0. The first-order chi connectivity index (χ1) is 14.2. The van der Waals surface area contributed by atoms with Gasteiger partial charge in [-0.15, -0.1) is 0 Å². The molecule has 0 N–H and O–H groups in total. The first-order valence-electron chi connectivity index (χ1n) is 9.48. The van der Waals surface area contributed by atoms with Crippen LogP contribution in [0.25, 0.3) is 11.8 Å². The summed E-state index contributed by atoms with van der Waals surface area (Å²) in [4.78, 5) is 12.8. The Morgan fingerprint density at radius 3 is 2.21 bits per heavy atom. The molecule has 0 radical (unpaired) electrons. The van der Waals surface area contributed by atoms with E-state index in [0.29, 0.717) is 18.4 Å². The van der Waals surface area contributed by atoms with Crippen molar-refractivity contribution in [3.63, 3.8) is 0 Å². The summed E-state index contributed by atoms with van der Waals surface area (Å²) in [7, 11) is 0. The van der Waals surface area contributed by atoms with E-state index in [4.69, 9.17) is 10.4 Å². The lowest BCUT2D eigenvalue weighted by atomic mass is 10.0. The number of nitriles is 1. The highest BCUT2D eigenvalue weighted by molar-refractivity contribution is 6.06. The minimum atomic E-state index is -0.0339. The van der Waals surface area contributed by atoms with Crippen molar-refractivity contribution in [2.75, 3.05) is 0 Å². The molecule has 0 bridgehead atoms. The van der Waals surface area contributed by atoms with Gasteiger partial charge in [0, 0.05) is 18.4 Å². The molecule has 29 heavy (non-hydrogen) atoms. The summed E-state index contributed by atoms with van der Waals surface area (Å²) in [6, 6.07) is 29.2. The maximum atomic E-state index is 12.8. The molecule has 0 saturated heterocycles. The Labute approximate surface area is 170 Å². The summed E-state index contributed by atoms with van der Waals surface area (Å²) in [6.07, 6.45) is 2.95. The fourth-order valence-electron chi connectivity index (χ4n) is 3.27. The molecule has 4 nitrogen and oxygen atoms in total. The van der Waals surface area contributed by atoms with Crippen LogP contribution in [0.1, 0.15) is 35.1 Å². The third-order valence-electron chi connectivity index (χ3n) is 4.78. The van der Waals surface area contributed by atoms with Crippen molar-refractivity contribution in [3.8, 4) is 6.07 Å². The van der Waals surface area contributed by atoms with E-state index in [1.165, 1.54) is 5.01 Å². The Hall–Kier alpha value is -3.97. The SMILES string of the molecule is N#Cc1ccc(C2=NN(/C(=C/c3ccccc3)c3ccccc3)C(=O)CC2)cc1. The lowest BCUT2D eigenvalue weighted by Gasteiger charge is -2.26. The maximum Gasteiger partial charge on any atom is 0.247 e. The molecular formula is C25H19N3O. The van der Waals surface area contributed by atoms with Crippen LogP contribution in [0, 0.1) is 11.3 Å². The Bertz CT molecular complexity index is 1110. The predicted octanol–water partition coefficient (Wildman–Crippen LogP) is 5.08. The lowest BCUT2D eigenvalue weighted by molar-refractivity contribution is -0.128. The second-order valence-corrected chi connectivity index (χ2v) is 6.75. The average molecular weight is 377 g/mol. The number of benzene rings is 3. The van der Waals surface area contributed by atoms with Crippen LogP contribution in [0.3, 0.4) is 0 Å². The highest BCUT2D eigenvalue weighted by Gasteiger charge is 2.25. The highest BCUT2D eigenvalue weighted by atomic mass is 16.2. The van der Waals surface area contributed by atoms with Gasteiger partial charge in [-0.3, -0.25) is 4.79 Å². The van der Waals surface area contributed by atoms with E-state index >= 15 is 0 Å². The van der Waals surface area contributed by atoms with Crippen LogP contribution in [-0.4, -0.2) is 16.6 Å². The second-order valence-electron chi connectivity index (χ2n) is 6.75. The molecular weight excluding hydrogens is 358 g/mol. The van der Waals surface area contributed by atoms with Crippen molar-refractivity contribution in [2.45, 2.75) is 12.8 Å². The zero-order valence-corrected chi connectivity index (χ0v) is 15.8. The summed E-state index contributed by atoms with van der Waals surface area (Å²) in [5.41, 5.74) is 5.03. The van der Waals surface area contributed by atoms with Crippen molar-refractivity contribution >= 4 is 23.4 Å². The molecule has 4 rings (SSSR count). The lowest BCUT2D eigenvalue weighted by Crippen LogP contribution is -2.30. The van der Waals surface area contributed by atoms with Crippen LogP contribution in [-0.2, 0) is 4.79 Å². The van der Waals surface area contributed by atoms with E-state index in [1.807, 2.05) is 78.9 Å². The van der Waals surface area contributed by atoms with Crippen molar-refractivity contribution in [3.05, 3.63) is 107 Å². The van der Waals surface area contributed by atoms with Crippen LogP contribution in [0.4, 0.5) is 0 Å². The van der Waals surface area contributed by atoms with Crippen LogP contribution in [0.15, 0.2) is 90.0 Å². The third kappa shape index (κ3) is 4.15. The maximum absolute atomic E-state index is 12.8. The van der Waals surface area contributed by atoms with E-state index in [-0.39, 0.29) is 5.91 Å². The predicted molar refractivity (Wildman–Crippen MR) is 115 cm³/mol. The number of amides is 1. The molecule has 3 aromatic carbocycles. The minimum absolute atomic E-state index is 0.0339. The highest BCUT2D eigenvalue weighted by Crippen LogP contribution is 2.27. The number of hydrazone groups is 1. The first-order valence-corrected chi connectivity index (χ1v) is 9.48. The molecule has 4 heteroatoms. The summed E-state index contributed by atoms with van der Waals surface area (Å²) in [5.74, 6) is -0.0339. The smallest absolute Gasteiger partial charge is 0.247 e. The zero-order valence-electron chi connectivity index (χ0n) is 15.8. The molecule has 1 aliphatic heterocycles. The van der Waals surface area contributed by atoms with E-state index in [2.05, 4.69) is 6.07 Å². The second kappa shape index (κ2) is 8.37. The van der Waals surface area contributed by atoms with Gasteiger partial charge in [0.2, 0.25) is 5.91 Å². The summed E-state index contributed by atoms with van der Waals surface area (Å²) in [6.45, 7) is 0. The summed E-state index contributed by atoms with van der Waals surface area (Å²) in [5, 5.41) is 15.2. The van der Waals surface area contributed by atoms with Gasteiger partial charge < -0.3 is 0 Å². The molecule has 0 unspecified atom stereocenters. The molecule has 140 valence electrons. The van der Waals surface area contributed by atoms with Gasteiger partial charge in [0.15, 0.2) is 0 Å². The van der Waals surface area contributed by atoms with E-state index < -0.39 is 0 Å². The van der Waals surface area contributed by atoms with Crippen LogP contribution in [0.2, 0.25) is 0 Å². The molecule has 1 heterocycles. The van der Waals surface area contributed by atoms with Crippen molar-refractivity contribution in [1.82, 2.24) is 5.01 Å². The number of carbonyl (C=O) groups is 1. The van der Waals surface area contributed by atoms with Gasteiger partial charge in [-0.25, -0.2) is 0 Å². The number of nitrogens with zero attached hydrogens (tertiary/aromatic N) is 3. The molecule has 3 aromatic rings. The normalized spacial score (nSPS) is 14.3. The molecule has 0 atom stereocenters. The largest absolute Gasteiger partial charge is 0.273 e. The standard InChI is InChI=1S/C25H19N3O/c26-18-20-11-13-21(14-12-20)23-15-16-25(29)28(27-23)24(22-9-5-2-6-10-22)17-19-7-3-1-4-8-19/h1-14,17H,15-16H2/b24-17+. The summed E-state index contributed by atoms with van der Waals surface area (Å²) >= 11 is 0. The van der Waals surface area contributed by atoms with Crippen molar-refractivity contribution in [1.29, 1.82) is 5.26 Å². The third-order valence-corrected chi connectivity index (χ3v) is 4.78. The van der Waals surface area contributed by atoms with Crippen molar-refractivity contribution < 1.29 is 4.79 Å². The number of hydrogen-bond acceptors (Lipinski definition) is 3. The van der Waals surface area contributed by atoms with E-state index in [1.54, 1.807) is 12.1 Å². The van der Waals surface area contributed by atoms with Crippen LogP contribution < -0.4 is 0 Å².